The second kappa shape index (κ2) is 14.6. The third-order valence-electron chi connectivity index (χ3n) is 7.04. The molecule has 0 spiro atoms. The SMILES string of the molecule is CC(C)=CCC/C(C)=C/CC/C(C)=C/CC/C(C)=C/COC(=O)Cc1ccc2c(c1)Cc1ccccc1-2. The molecular formula is C35H44O2. The summed E-state index contributed by atoms with van der Waals surface area (Å²) in [5.74, 6) is -0.167. The molecule has 0 bridgehead atoms. The Labute approximate surface area is 224 Å². The normalized spacial score (nSPS) is 13.3. The number of rotatable bonds is 13. The van der Waals surface area contributed by atoms with Gasteiger partial charge in [0.05, 0.1) is 6.42 Å². The predicted molar refractivity (Wildman–Crippen MR) is 158 cm³/mol. The summed E-state index contributed by atoms with van der Waals surface area (Å²) < 4.78 is 5.50. The Morgan fingerprint density at radius 2 is 1.32 bits per heavy atom. The molecule has 1 aliphatic carbocycles. The minimum atomic E-state index is -0.167. The number of benzene rings is 2. The van der Waals surface area contributed by atoms with Crippen molar-refractivity contribution in [1.29, 1.82) is 0 Å². The van der Waals surface area contributed by atoms with Crippen LogP contribution < -0.4 is 0 Å². The summed E-state index contributed by atoms with van der Waals surface area (Å²) in [7, 11) is 0. The van der Waals surface area contributed by atoms with Crippen molar-refractivity contribution in [3.05, 3.63) is 106 Å². The summed E-state index contributed by atoms with van der Waals surface area (Å²) in [5, 5.41) is 0. The molecule has 0 N–H and O–H groups in total. The molecule has 196 valence electrons. The van der Waals surface area contributed by atoms with E-state index in [0.717, 1.165) is 50.5 Å². The largest absolute Gasteiger partial charge is 0.461 e. The highest BCUT2D eigenvalue weighted by Crippen LogP contribution is 2.36. The lowest BCUT2D eigenvalue weighted by Crippen LogP contribution is -2.08. The Morgan fingerprint density at radius 1 is 0.730 bits per heavy atom. The highest BCUT2D eigenvalue weighted by molar-refractivity contribution is 5.78. The van der Waals surface area contributed by atoms with Crippen LogP contribution in [0.2, 0.25) is 0 Å². The smallest absolute Gasteiger partial charge is 0.310 e. The lowest BCUT2D eigenvalue weighted by Gasteiger charge is -2.06. The Morgan fingerprint density at radius 3 is 2.00 bits per heavy atom. The molecule has 37 heavy (non-hydrogen) atoms. The van der Waals surface area contributed by atoms with Gasteiger partial charge in [-0.05, 0) is 113 Å². The Balaban J connectivity index is 1.33. The van der Waals surface area contributed by atoms with E-state index in [1.54, 1.807) is 0 Å². The van der Waals surface area contributed by atoms with Crippen LogP contribution in [-0.4, -0.2) is 12.6 Å². The lowest BCUT2D eigenvalue weighted by molar-refractivity contribution is -0.141. The van der Waals surface area contributed by atoms with Gasteiger partial charge in [0.25, 0.3) is 0 Å². The fraction of sp³-hybridized carbons (Fsp3) is 0.400. The summed E-state index contributed by atoms with van der Waals surface area (Å²) in [6.07, 6.45) is 16.9. The molecule has 2 aromatic rings. The van der Waals surface area contributed by atoms with Crippen LogP contribution in [0.1, 0.15) is 89.8 Å². The van der Waals surface area contributed by atoms with Gasteiger partial charge >= 0.3 is 5.97 Å². The van der Waals surface area contributed by atoms with E-state index in [2.05, 4.69) is 95.3 Å². The van der Waals surface area contributed by atoms with Crippen molar-refractivity contribution in [3.8, 4) is 11.1 Å². The Bertz CT molecular complexity index is 1190. The van der Waals surface area contributed by atoms with Gasteiger partial charge in [0.1, 0.15) is 6.61 Å². The summed E-state index contributed by atoms with van der Waals surface area (Å²) >= 11 is 0. The van der Waals surface area contributed by atoms with Gasteiger partial charge in [-0.2, -0.15) is 0 Å². The van der Waals surface area contributed by atoms with E-state index in [-0.39, 0.29) is 5.97 Å². The molecule has 3 rings (SSSR count). The summed E-state index contributed by atoms with van der Waals surface area (Å²) in [6, 6.07) is 14.9. The van der Waals surface area contributed by atoms with E-state index in [9.17, 15) is 4.79 Å². The zero-order chi connectivity index (χ0) is 26.6. The number of fused-ring (bicyclic) bond motifs is 3. The van der Waals surface area contributed by atoms with Gasteiger partial charge in [-0.15, -0.1) is 0 Å². The average molecular weight is 497 g/mol. The number of carbonyl (C=O) groups excluding carboxylic acids is 1. The number of esters is 1. The number of hydrogen-bond donors (Lipinski definition) is 0. The molecule has 0 unspecified atom stereocenters. The molecule has 0 heterocycles. The van der Waals surface area contributed by atoms with Crippen molar-refractivity contribution in [2.24, 2.45) is 0 Å². The third kappa shape index (κ3) is 9.69. The van der Waals surface area contributed by atoms with E-state index in [1.807, 2.05) is 6.08 Å². The maximum Gasteiger partial charge on any atom is 0.310 e. The maximum atomic E-state index is 12.4. The van der Waals surface area contributed by atoms with Crippen LogP contribution in [0.3, 0.4) is 0 Å². The van der Waals surface area contributed by atoms with Crippen molar-refractivity contribution in [1.82, 2.24) is 0 Å². The van der Waals surface area contributed by atoms with Gasteiger partial charge in [0.15, 0.2) is 0 Å². The lowest BCUT2D eigenvalue weighted by atomic mass is 10.0. The van der Waals surface area contributed by atoms with Crippen LogP contribution in [0.5, 0.6) is 0 Å². The first-order chi connectivity index (χ1) is 17.8. The van der Waals surface area contributed by atoms with Crippen molar-refractivity contribution in [3.63, 3.8) is 0 Å². The minimum absolute atomic E-state index is 0.167. The number of carbonyl (C=O) groups is 1. The minimum Gasteiger partial charge on any atom is -0.461 e. The van der Waals surface area contributed by atoms with Crippen molar-refractivity contribution in [2.75, 3.05) is 6.61 Å². The molecule has 0 atom stereocenters. The first-order valence-corrected chi connectivity index (χ1v) is 13.8. The fourth-order valence-electron chi connectivity index (χ4n) is 4.79. The topological polar surface area (TPSA) is 26.3 Å². The number of hydrogen-bond acceptors (Lipinski definition) is 2. The molecular weight excluding hydrogens is 452 g/mol. The van der Waals surface area contributed by atoms with Crippen molar-refractivity contribution >= 4 is 5.97 Å². The van der Waals surface area contributed by atoms with Gasteiger partial charge < -0.3 is 4.74 Å². The number of allylic oxidation sites excluding steroid dienone is 7. The van der Waals surface area contributed by atoms with E-state index < -0.39 is 0 Å². The van der Waals surface area contributed by atoms with Crippen LogP contribution in [0.15, 0.2) is 89.1 Å². The summed E-state index contributed by atoms with van der Waals surface area (Å²) in [4.78, 5) is 12.4. The molecule has 2 aromatic carbocycles. The van der Waals surface area contributed by atoms with Gasteiger partial charge in [0, 0.05) is 0 Å². The second-order valence-electron chi connectivity index (χ2n) is 10.7. The van der Waals surface area contributed by atoms with Crippen molar-refractivity contribution < 1.29 is 9.53 Å². The monoisotopic (exact) mass is 496 g/mol. The second-order valence-corrected chi connectivity index (χ2v) is 10.7. The van der Waals surface area contributed by atoms with E-state index in [0.29, 0.717) is 13.0 Å². The quantitative estimate of drug-likeness (QED) is 0.174. The van der Waals surface area contributed by atoms with E-state index in [4.69, 9.17) is 4.74 Å². The fourth-order valence-corrected chi connectivity index (χ4v) is 4.79. The molecule has 1 aliphatic rings. The van der Waals surface area contributed by atoms with E-state index in [1.165, 1.54) is 44.5 Å². The Hall–Kier alpha value is -3.13. The first kappa shape index (κ1) is 28.4. The predicted octanol–water partition coefficient (Wildman–Crippen LogP) is 9.49. The molecule has 0 saturated carbocycles. The van der Waals surface area contributed by atoms with Crippen LogP contribution in [0.4, 0.5) is 0 Å². The molecule has 2 heteroatoms. The third-order valence-corrected chi connectivity index (χ3v) is 7.04. The van der Waals surface area contributed by atoms with Crippen molar-refractivity contribution in [2.45, 2.75) is 86.0 Å². The Kier molecular flexibility index (Phi) is 11.2. The van der Waals surface area contributed by atoms with Crippen LogP contribution in [0.25, 0.3) is 11.1 Å². The summed E-state index contributed by atoms with van der Waals surface area (Å²) in [6.45, 7) is 11.3. The van der Waals surface area contributed by atoms with Crippen LogP contribution in [-0.2, 0) is 22.4 Å². The van der Waals surface area contributed by atoms with Gasteiger partial charge in [0.2, 0.25) is 0 Å². The van der Waals surface area contributed by atoms with Gasteiger partial charge in [-0.1, -0.05) is 83.0 Å². The molecule has 0 aliphatic heterocycles. The molecule has 0 radical (unpaired) electrons. The van der Waals surface area contributed by atoms with Crippen LogP contribution in [0, 0.1) is 0 Å². The van der Waals surface area contributed by atoms with Crippen LogP contribution >= 0.6 is 0 Å². The molecule has 2 nitrogen and oxygen atoms in total. The molecule has 0 fully saturated rings. The first-order valence-electron chi connectivity index (χ1n) is 13.8. The zero-order valence-electron chi connectivity index (χ0n) is 23.5. The highest BCUT2D eigenvalue weighted by atomic mass is 16.5. The van der Waals surface area contributed by atoms with Gasteiger partial charge in [-0.3, -0.25) is 4.79 Å². The molecule has 0 amide bonds. The highest BCUT2D eigenvalue weighted by Gasteiger charge is 2.18. The number of ether oxygens (including phenoxy) is 1. The molecule has 0 saturated heterocycles. The van der Waals surface area contributed by atoms with E-state index >= 15 is 0 Å². The standard InChI is InChI=1S/C35H44O2/c1-26(2)11-8-12-27(3)13-9-14-28(4)15-10-16-29(5)21-22-37-35(36)24-30-19-20-34-32(23-30)25-31-17-6-7-18-33(31)34/h6-7,11,13,15,17-21,23H,8-10,12,14,16,22,24-25H2,1-5H3/b27-13+,28-15+,29-21+. The zero-order valence-corrected chi connectivity index (χ0v) is 23.5. The average Bonchev–Trinajstić information content (AvgIpc) is 3.21. The van der Waals surface area contributed by atoms with Gasteiger partial charge in [-0.25, -0.2) is 0 Å². The maximum absolute atomic E-state index is 12.4. The summed E-state index contributed by atoms with van der Waals surface area (Å²) in [5.41, 5.74) is 11.9. The molecule has 0 aromatic heterocycles.